The Hall–Kier alpha value is -0.510. The van der Waals surface area contributed by atoms with Crippen LogP contribution in [0.5, 0.6) is 0 Å². The average Bonchev–Trinajstić information content (AvgIpc) is 2.13. The van der Waals surface area contributed by atoms with E-state index in [4.69, 9.17) is 4.74 Å². The van der Waals surface area contributed by atoms with E-state index in [-0.39, 0.29) is 16.5 Å². The summed E-state index contributed by atoms with van der Waals surface area (Å²) in [5.41, 5.74) is 0. The number of hydrogen-bond donors (Lipinski definition) is 0. The van der Waals surface area contributed by atoms with E-state index in [0.29, 0.717) is 18.3 Å². The molecule has 0 saturated carbocycles. The lowest BCUT2D eigenvalue weighted by atomic mass is 10.1. The minimum atomic E-state index is -0.224. The Kier molecular flexibility index (Phi) is 8.32. The second-order valence-electron chi connectivity index (χ2n) is 5.30. The molecule has 0 radical (unpaired) electrons. The number of thioether (sulfide) groups is 1. The molecule has 0 bridgehead atoms. The number of carbonyl (C=O) groups is 2. The predicted molar refractivity (Wildman–Crippen MR) is 76.9 cm³/mol. The standard InChI is InChI=1S/C14H26O3S/c1-6-7-13(8-9-17-12(3)16)18-14(4,5)10-11(2)15/h13H,6-10H2,1-5H3. The SMILES string of the molecule is CCCC(CCOC(C)=O)SC(C)(C)CC(C)=O. The van der Waals surface area contributed by atoms with Crippen LogP contribution in [0, 0.1) is 0 Å². The van der Waals surface area contributed by atoms with Crippen LogP contribution in [-0.2, 0) is 14.3 Å². The van der Waals surface area contributed by atoms with Crippen LogP contribution in [0.15, 0.2) is 0 Å². The molecule has 0 spiro atoms. The van der Waals surface area contributed by atoms with E-state index >= 15 is 0 Å². The molecule has 18 heavy (non-hydrogen) atoms. The van der Waals surface area contributed by atoms with Gasteiger partial charge in [0.05, 0.1) is 6.61 Å². The topological polar surface area (TPSA) is 43.4 Å². The van der Waals surface area contributed by atoms with Gasteiger partial charge in [-0.15, -0.1) is 0 Å². The fourth-order valence-corrected chi connectivity index (χ4v) is 3.77. The zero-order chi connectivity index (χ0) is 14.2. The number of rotatable bonds is 9. The normalized spacial score (nSPS) is 13.2. The minimum Gasteiger partial charge on any atom is -0.466 e. The van der Waals surface area contributed by atoms with Crippen molar-refractivity contribution in [2.45, 2.75) is 70.3 Å². The summed E-state index contributed by atoms with van der Waals surface area (Å²) in [4.78, 5) is 22.0. The first-order valence-corrected chi connectivity index (χ1v) is 7.45. The fraction of sp³-hybridized carbons (Fsp3) is 0.857. The number of ketones is 1. The fourth-order valence-electron chi connectivity index (χ4n) is 2.01. The molecule has 3 nitrogen and oxygen atoms in total. The lowest BCUT2D eigenvalue weighted by Crippen LogP contribution is -2.24. The molecule has 0 rings (SSSR count). The summed E-state index contributed by atoms with van der Waals surface area (Å²) in [6, 6.07) is 0. The first kappa shape index (κ1) is 17.5. The van der Waals surface area contributed by atoms with E-state index in [2.05, 4.69) is 20.8 Å². The maximum absolute atomic E-state index is 11.2. The zero-order valence-electron chi connectivity index (χ0n) is 12.2. The van der Waals surface area contributed by atoms with E-state index < -0.39 is 0 Å². The molecular formula is C14H26O3S. The zero-order valence-corrected chi connectivity index (χ0v) is 13.1. The molecule has 0 aromatic carbocycles. The Morgan fingerprint density at radius 1 is 1.22 bits per heavy atom. The van der Waals surface area contributed by atoms with Gasteiger partial charge in [0, 0.05) is 23.3 Å². The molecule has 0 aliphatic carbocycles. The summed E-state index contributed by atoms with van der Waals surface area (Å²) in [6.07, 6.45) is 3.64. The van der Waals surface area contributed by atoms with Crippen molar-refractivity contribution < 1.29 is 14.3 Å². The van der Waals surface area contributed by atoms with E-state index in [9.17, 15) is 9.59 Å². The van der Waals surface area contributed by atoms with E-state index in [1.54, 1.807) is 6.92 Å². The molecule has 0 aliphatic heterocycles. The number of hydrogen-bond acceptors (Lipinski definition) is 4. The van der Waals surface area contributed by atoms with Gasteiger partial charge in [-0.05, 0) is 19.8 Å². The third-order valence-electron chi connectivity index (χ3n) is 2.52. The van der Waals surface area contributed by atoms with Gasteiger partial charge in [0.15, 0.2) is 0 Å². The van der Waals surface area contributed by atoms with Crippen LogP contribution in [0.1, 0.15) is 60.3 Å². The molecule has 0 saturated heterocycles. The molecule has 0 amide bonds. The molecule has 0 aromatic rings. The average molecular weight is 274 g/mol. The Labute approximate surface area is 115 Å². The number of carbonyl (C=O) groups excluding carboxylic acids is 2. The number of ether oxygens (including phenoxy) is 1. The number of Topliss-reactive ketones (excluding diaryl/α,β-unsaturated/α-hetero) is 1. The van der Waals surface area contributed by atoms with Gasteiger partial charge < -0.3 is 4.74 Å². The highest BCUT2D eigenvalue weighted by atomic mass is 32.2. The van der Waals surface area contributed by atoms with Gasteiger partial charge in [-0.3, -0.25) is 9.59 Å². The maximum Gasteiger partial charge on any atom is 0.302 e. The van der Waals surface area contributed by atoms with Gasteiger partial charge in [-0.2, -0.15) is 11.8 Å². The van der Waals surface area contributed by atoms with Crippen LogP contribution in [0.25, 0.3) is 0 Å². The first-order valence-electron chi connectivity index (χ1n) is 6.57. The Morgan fingerprint density at radius 3 is 2.28 bits per heavy atom. The van der Waals surface area contributed by atoms with E-state index in [1.807, 2.05) is 11.8 Å². The monoisotopic (exact) mass is 274 g/mol. The molecule has 0 N–H and O–H groups in total. The van der Waals surface area contributed by atoms with Crippen molar-refractivity contribution in [2.24, 2.45) is 0 Å². The minimum absolute atomic E-state index is 0.0398. The van der Waals surface area contributed by atoms with Gasteiger partial charge >= 0.3 is 5.97 Å². The van der Waals surface area contributed by atoms with Crippen molar-refractivity contribution in [3.8, 4) is 0 Å². The summed E-state index contributed by atoms with van der Waals surface area (Å²) in [6.45, 7) is 9.90. The van der Waals surface area contributed by atoms with Crippen molar-refractivity contribution in [3.05, 3.63) is 0 Å². The van der Waals surface area contributed by atoms with Gasteiger partial charge in [0.1, 0.15) is 5.78 Å². The summed E-state index contributed by atoms with van der Waals surface area (Å²) in [5, 5.41) is 0.448. The molecule has 1 atom stereocenters. The third kappa shape index (κ3) is 9.51. The summed E-state index contributed by atoms with van der Waals surface area (Å²) >= 11 is 1.84. The van der Waals surface area contributed by atoms with Crippen LogP contribution >= 0.6 is 11.8 Å². The molecule has 1 unspecified atom stereocenters. The van der Waals surface area contributed by atoms with Crippen molar-refractivity contribution >= 4 is 23.5 Å². The Morgan fingerprint density at radius 2 is 1.83 bits per heavy atom. The third-order valence-corrected chi connectivity index (χ3v) is 4.10. The molecule has 4 heteroatoms. The van der Waals surface area contributed by atoms with Crippen LogP contribution in [-0.4, -0.2) is 28.4 Å². The molecule has 0 heterocycles. The van der Waals surface area contributed by atoms with Crippen molar-refractivity contribution in [3.63, 3.8) is 0 Å². The highest BCUT2D eigenvalue weighted by Gasteiger charge is 2.25. The van der Waals surface area contributed by atoms with Gasteiger partial charge in [0.25, 0.3) is 0 Å². The summed E-state index contributed by atoms with van der Waals surface area (Å²) in [7, 11) is 0. The molecule has 0 aliphatic rings. The molecule has 106 valence electrons. The van der Waals surface area contributed by atoms with Gasteiger partial charge in [-0.25, -0.2) is 0 Å². The predicted octanol–water partition coefficient (Wildman–Crippen LogP) is 3.60. The molecular weight excluding hydrogens is 248 g/mol. The highest BCUT2D eigenvalue weighted by molar-refractivity contribution is 8.01. The van der Waals surface area contributed by atoms with Crippen molar-refractivity contribution in [1.29, 1.82) is 0 Å². The van der Waals surface area contributed by atoms with E-state index in [0.717, 1.165) is 19.3 Å². The van der Waals surface area contributed by atoms with Crippen molar-refractivity contribution in [2.75, 3.05) is 6.61 Å². The quantitative estimate of drug-likeness (QED) is 0.603. The Bertz CT molecular complexity index is 274. The lowest BCUT2D eigenvalue weighted by molar-refractivity contribution is -0.141. The largest absolute Gasteiger partial charge is 0.466 e. The molecule has 0 aromatic heterocycles. The summed E-state index contributed by atoms with van der Waals surface area (Å²) < 4.78 is 4.96. The maximum atomic E-state index is 11.2. The van der Waals surface area contributed by atoms with Crippen LogP contribution in [0.4, 0.5) is 0 Å². The highest BCUT2D eigenvalue weighted by Crippen LogP contribution is 2.35. The van der Waals surface area contributed by atoms with Crippen LogP contribution in [0.3, 0.4) is 0 Å². The van der Waals surface area contributed by atoms with Gasteiger partial charge in [-0.1, -0.05) is 27.2 Å². The smallest absolute Gasteiger partial charge is 0.302 e. The van der Waals surface area contributed by atoms with E-state index in [1.165, 1.54) is 6.92 Å². The van der Waals surface area contributed by atoms with Crippen LogP contribution < -0.4 is 0 Å². The summed E-state index contributed by atoms with van der Waals surface area (Å²) in [5.74, 6) is 0.000907. The second-order valence-corrected chi connectivity index (χ2v) is 7.30. The Balaban J connectivity index is 4.23. The number of esters is 1. The molecule has 0 fully saturated rings. The lowest BCUT2D eigenvalue weighted by Gasteiger charge is -2.28. The van der Waals surface area contributed by atoms with Gasteiger partial charge in [0.2, 0.25) is 0 Å². The van der Waals surface area contributed by atoms with Crippen molar-refractivity contribution in [1.82, 2.24) is 0 Å². The first-order chi connectivity index (χ1) is 8.26. The van der Waals surface area contributed by atoms with Crippen LogP contribution in [0.2, 0.25) is 0 Å². The second kappa shape index (κ2) is 8.57.